The Bertz CT molecular complexity index is 749. The van der Waals surface area contributed by atoms with Crippen molar-refractivity contribution in [2.45, 2.75) is 6.92 Å². The fourth-order valence-electron chi connectivity index (χ4n) is 2.26. The largest absolute Gasteiger partial charge is 0.515 e. The number of hydrogen-bond acceptors (Lipinski definition) is 8. The molecule has 5 N–H and O–H groups in total. The third-order valence-electron chi connectivity index (χ3n) is 3.77. The van der Waals surface area contributed by atoms with Crippen LogP contribution in [0.25, 0.3) is 0 Å². The third kappa shape index (κ3) is 4.09. The van der Waals surface area contributed by atoms with E-state index < -0.39 is 35.6 Å². The molecule has 0 amide bonds. The van der Waals surface area contributed by atoms with Crippen molar-refractivity contribution in [1.82, 2.24) is 0 Å². The monoisotopic (exact) mass is 366 g/mol. The van der Waals surface area contributed by atoms with Gasteiger partial charge in [0, 0.05) is 23.3 Å². The van der Waals surface area contributed by atoms with Gasteiger partial charge in [0.25, 0.3) is 0 Å². The number of hydrogen-bond donors (Lipinski definition) is 5. The van der Waals surface area contributed by atoms with E-state index in [1.165, 1.54) is 20.3 Å². The Morgan fingerprint density at radius 1 is 1.23 bits per heavy atom. The highest BCUT2D eigenvalue weighted by atomic mass is 16.5. The number of carbonyl (C=O) groups excluding carboxylic acids is 1. The Hall–Kier alpha value is -3.13. The van der Waals surface area contributed by atoms with Gasteiger partial charge in [0.05, 0.1) is 38.4 Å². The number of allylic oxidation sites excluding steroid dienone is 5. The first kappa shape index (κ1) is 20.9. The highest BCUT2D eigenvalue weighted by Gasteiger charge is 2.45. The molecule has 1 aliphatic rings. The van der Waals surface area contributed by atoms with Crippen LogP contribution in [0.1, 0.15) is 6.92 Å². The van der Waals surface area contributed by atoms with Crippen molar-refractivity contribution in [3.63, 3.8) is 0 Å². The van der Waals surface area contributed by atoms with Crippen LogP contribution in [0.4, 0.5) is 0 Å². The molecule has 0 radical (unpaired) electrons. The van der Waals surface area contributed by atoms with Gasteiger partial charge in [-0.05, 0) is 6.92 Å². The zero-order chi connectivity index (χ0) is 20.0. The van der Waals surface area contributed by atoms with E-state index in [1.54, 1.807) is 6.92 Å². The van der Waals surface area contributed by atoms with Gasteiger partial charge in [-0.1, -0.05) is 6.58 Å². The third-order valence-corrected chi connectivity index (χ3v) is 3.77. The lowest BCUT2D eigenvalue weighted by atomic mass is 9.74. The van der Waals surface area contributed by atoms with Crippen LogP contribution in [-0.4, -0.2) is 52.1 Å². The predicted molar refractivity (Wildman–Crippen MR) is 93.2 cm³/mol. The average Bonchev–Trinajstić information content (AvgIpc) is 2.62. The highest BCUT2D eigenvalue weighted by molar-refractivity contribution is 6.11. The van der Waals surface area contributed by atoms with Crippen molar-refractivity contribution in [1.29, 1.82) is 0 Å². The number of ketones is 1. The first-order valence-corrected chi connectivity index (χ1v) is 7.44. The Balaban J connectivity index is 3.34. The lowest BCUT2D eigenvalue weighted by Crippen LogP contribution is -2.35. The lowest BCUT2D eigenvalue weighted by molar-refractivity contribution is -0.120. The molecule has 0 aromatic heterocycles. The van der Waals surface area contributed by atoms with Crippen LogP contribution in [0.3, 0.4) is 0 Å². The molecule has 26 heavy (non-hydrogen) atoms. The molecule has 1 atom stereocenters. The van der Waals surface area contributed by atoms with Gasteiger partial charge in [-0.3, -0.25) is 4.79 Å². The summed E-state index contributed by atoms with van der Waals surface area (Å²) in [7, 11) is 2.69. The number of rotatable bonds is 8. The molecule has 142 valence electrons. The number of aliphatic hydroxyl groups excluding tert-OH is 5. The molecule has 1 unspecified atom stereocenters. The molecule has 8 nitrogen and oxygen atoms in total. The normalized spacial score (nSPS) is 19.8. The summed E-state index contributed by atoms with van der Waals surface area (Å²) in [6.45, 7) is 4.29. The molecule has 0 bridgehead atoms. The molecular formula is C18H22O8. The fraction of sp³-hybridized carbons (Fsp3) is 0.278. The summed E-state index contributed by atoms with van der Waals surface area (Å²) in [5, 5.41) is 49.1. The van der Waals surface area contributed by atoms with Gasteiger partial charge in [-0.15, -0.1) is 0 Å². The summed E-state index contributed by atoms with van der Waals surface area (Å²) in [4.78, 5) is 12.4. The zero-order valence-corrected chi connectivity index (χ0v) is 14.7. The van der Waals surface area contributed by atoms with Crippen molar-refractivity contribution in [3.05, 3.63) is 70.5 Å². The van der Waals surface area contributed by atoms with Crippen molar-refractivity contribution >= 4 is 5.78 Å². The summed E-state index contributed by atoms with van der Waals surface area (Å²) in [6, 6.07) is 0. The van der Waals surface area contributed by atoms with Gasteiger partial charge in [0.15, 0.2) is 5.78 Å². The maximum atomic E-state index is 12.4. The van der Waals surface area contributed by atoms with E-state index in [1.807, 2.05) is 0 Å². The van der Waals surface area contributed by atoms with Crippen LogP contribution >= 0.6 is 0 Å². The summed E-state index contributed by atoms with van der Waals surface area (Å²) in [5.74, 6) is -3.18. The quantitative estimate of drug-likeness (QED) is 0.326. The van der Waals surface area contributed by atoms with Crippen LogP contribution in [0.2, 0.25) is 0 Å². The minimum Gasteiger partial charge on any atom is -0.515 e. The van der Waals surface area contributed by atoms with E-state index in [9.17, 15) is 30.3 Å². The number of ether oxygens (including phenoxy) is 2. The Morgan fingerprint density at radius 3 is 2.27 bits per heavy atom. The molecule has 0 fully saturated rings. The molecule has 0 aromatic rings. The molecule has 0 saturated carbocycles. The molecule has 0 saturated heterocycles. The van der Waals surface area contributed by atoms with Crippen LogP contribution in [0, 0.1) is 5.92 Å². The van der Waals surface area contributed by atoms with Gasteiger partial charge in [0.1, 0.15) is 29.0 Å². The summed E-state index contributed by atoms with van der Waals surface area (Å²) < 4.78 is 9.64. The molecule has 8 heteroatoms. The van der Waals surface area contributed by atoms with E-state index >= 15 is 0 Å². The molecular weight excluding hydrogens is 344 g/mol. The Labute approximate surface area is 150 Å². The molecule has 1 rings (SSSR count). The lowest BCUT2D eigenvalue weighted by Gasteiger charge is -2.30. The average molecular weight is 366 g/mol. The molecule has 0 heterocycles. The number of aliphatic hydroxyl groups is 5. The van der Waals surface area contributed by atoms with E-state index in [4.69, 9.17) is 9.47 Å². The van der Waals surface area contributed by atoms with Gasteiger partial charge < -0.3 is 35.0 Å². The highest BCUT2D eigenvalue weighted by Crippen LogP contribution is 2.41. The van der Waals surface area contributed by atoms with Crippen molar-refractivity contribution < 1.29 is 39.8 Å². The van der Waals surface area contributed by atoms with Crippen molar-refractivity contribution in [2.24, 2.45) is 5.92 Å². The van der Waals surface area contributed by atoms with E-state index in [2.05, 4.69) is 6.58 Å². The summed E-state index contributed by atoms with van der Waals surface area (Å²) in [5.41, 5.74) is -0.787. The van der Waals surface area contributed by atoms with Gasteiger partial charge in [-0.25, -0.2) is 0 Å². The Kier molecular flexibility index (Phi) is 7.09. The van der Waals surface area contributed by atoms with Crippen LogP contribution in [0.15, 0.2) is 70.5 Å². The van der Waals surface area contributed by atoms with Crippen LogP contribution in [0.5, 0.6) is 0 Å². The smallest absolute Gasteiger partial charge is 0.182 e. The number of methoxy groups -OCH3 is 2. The molecule has 0 aliphatic heterocycles. The fourth-order valence-corrected chi connectivity index (χ4v) is 2.26. The van der Waals surface area contributed by atoms with Crippen LogP contribution < -0.4 is 0 Å². The van der Waals surface area contributed by atoms with E-state index in [0.717, 1.165) is 6.08 Å². The first-order chi connectivity index (χ1) is 12.2. The van der Waals surface area contributed by atoms with Crippen molar-refractivity contribution in [2.75, 3.05) is 20.8 Å². The molecule has 0 aromatic carbocycles. The maximum absolute atomic E-state index is 12.4. The zero-order valence-electron chi connectivity index (χ0n) is 14.7. The minimum absolute atomic E-state index is 0.0612. The molecule has 0 spiro atoms. The molecule has 1 aliphatic carbocycles. The second kappa shape index (κ2) is 8.82. The Morgan fingerprint density at radius 2 is 1.85 bits per heavy atom. The SMILES string of the molecule is C=C(/C=C(O)\C(=C\O)C1C(=O)C(/C(CO)=C(O)/C=C(\C)OC)=C1O)OC. The number of carbonyl (C=O) groups is 1. The summed E-state index contributed by atoms with van der Waals surface area (Å²) in [6.07, 6.45) is 2.71. The standard InChI is InChI=1S/C18H22O8/c1-9(25-3)5-13(21)11(7-19)15-17(23)16(18(15)24)12(8-20)14(22)6-10(2)26-4/h5-7,15,19-23H,1,8H2,2-4H3/b10-6+,11-7-,13-5+,14-12-. The second-order valence-corrected chi connectivity index (χ2v) is 5.32. The first-order valence-electron chi connectivity index (χ1n) is 7.44. The summed E-state index contributed by atoms with van der Waals surface area (Å²) >= 11 is 0. The van der Waals surface area contributed by atoms with E-state index in [0.29, 0.717) is 12.0 Å². The van der Waals surface area contributed by atoms with Crippen molar-refractivity contribution in [3.8, 4) is 0 Å². The van der Waals surface area contributed by atoms with E-state index in [-0.39, 0.29) is 22.5 Å². The van der Waals surface area contributed by atoms with Crippen LogP contribution in [-0.2, 0) is 14.3 Å². The topological polar surface area (TPSA) is 137 Å². The van der Waals surface area contributed by atoms with Gasteiger partial charge >= 0.3 is 0 Å². The number of Topliss-reactive ketones (excluding diaryl/α,β-unsaturated/α-hetero) is 1. The predicted octanol–water partition coefficient (Wildman–Crippen LogP) is 2.40. The minimum atomic E-state index is -1.35. The maximum Gasteiger partial charge on any atom is 0.182 e. The second-order valence-electron chi connectivity index (χ2n) is 5.32. The van der Waals surface area contributed by atoms with Gasteiger partial charge in [-0.2, -0.15) is 0 Å². The van der Waals surface area contributed by atoms with Gasteiger partial charge in [0.2, 0.25) is 0 Å².